The van der Waals surface area contributed by atoms with Crippen molar-refractivity contribution in [2.75, 3.05) is 72.6 Å². The van der Waals surface area contributed by atoms with E-state index in [1.54, 1.807) is 0 Å². The third-order valence-electron chi connectivity index (χ3n) is 4.54. The molecule has 7 heteroatoms. The van der Waals surface area contributed by atoms with Crippen LogP contribution in [-0.2, 0) is 4.74 Å². The van der Waals surface area contributed by atoms with Gasteiger partial charge < -0.3 is 25.2 Å². The van der Waals surface area contributed by atoms with Crippen LogP contribution in [0.3, 0.4) is 0 Å². The Kier molecular flexibility index (Phi) is 16.9. The lowest BCUT2D eigenvalue weighted by atomic mass is 10.2. The van der Waals surface area contributed by atoms with Gasteiger partial charge in [-0.15, -0.1) is 24.0 Å². The molecule has 0 unspecified atom stereocenters. The Morgan fingerprint density at radius 3 is 2.19 bits per heavy atom. The number of hydrogen-bond donors (Lipinski definition) is 2. The molecule has 156 valence electrons. The normalized spacial score (nSPS) is 16.6. The summed E-state index contributed by atoms with van der Waals surface area (Å²) in [7, 11) is 1.83. The standard InChI is InChI=1S/C19H41N5O.HI/c1-5-23-12-14-24(15-13-23)11-7-6-9-21-19(20-4)22-10-8-16-25-17-18(2)3;/h18H,5-17H2,1-4H3,(H2,20,21,22);1H. The lowest BCUT2D eigenvalue weighted by molar-refractivity contribution is 0.108. The van der Waals surface area contributed by atoms with Gasteiger partial charge >= 0.3 is 0 Å². The van der Waals surface area contributed by atoms with Crippen LogP contribution in [0.15, 0.2) is 4.99 Å². The van der Waals surface area contributed by atoms with Gasteiger partial charge in [-0.3, -0.25) is 4.99 Å². The number of nitrogens with one attached hydrogen (secondary N) is 2. The minimum atomic E-state index is 0. The first-order valence-corrected chi connectivity index (χ1v) is 10.1. The second-order valence-corrected chi connectivity index (χ2v) is 7.23. The van der Waals surface area contributed by atoms with Crippen molar-refractivity contribution in [3.8, 4) is 0 Å². The predicted molar refractivity (Wildman–Crippen MR) is 123 cm³/mol. The van der Waals surface area contributed by atoms with Gasteiger partial charge in [0.25, 0.3) is 0 Å². The van der Waals surface area contributed by atoms with Gasteiger partial charge in [0, 0.05) is 59.5 Å². The summed E-state index contributed by atoms with van der Waals surface area (Å²) in [6.07, 6.45) is 3.45. The van der Waals surface area contributed by atoms with Crippen molar-refractivity contribution >= 4 is 29.9 Å². The van der Waals surface area contributed by atoms with Crippen LogP contribution < -0.4 is 10.6 Å². The fourth-order valence-electron chi connectivity index (χ4n) is 2.92. The number of guanidine groups is 1. The summed E-state index contributed by atoms with van der Waals surface area (Å²) in [4.78, 5) is 9.40. The van der Waals surface area contributed by atoms with E-state index in [-0.39, 0.29) is 24.0 Å². The van der Waals surface area contributed by atoms with Crippen LogP contribution in [-0.4, -0.2) is 88.4 Å². The molecule has 1 aliphatic heterocycles. The molecule has 0 amide bonds. The lowest BCUT2D eigenvalue weighted by Gasteiger charge is -2.34. The van der Waals surface area contributed by atoms with Crippen molar-refractivity contribution < 1.29 is 4.74 Å². The molecule has 1 saturated heterocycles. The molecular weight excluding hydrogens is 441 g/mol. The molecule has 26 heavy (non-hydrogen) atoms. The number of halogens is 1. The fraction of sp³-hybridized carbons (Fsp3) is 0.947. The highest BCUT2D eigenvalue weighted by Gasteiger charge is 2.14. The van der Waals surface area contributed by atoms with Crippen molar-refractivity contribution in [1.29, 1.82) is 0 Å². The van der Waals surface area contributed by atoms with Crippen molar-refractivity contribution in [2.24, 2.45) is 10.9 Å². The zero-order valence-electron chi connectivity index (χ0n) is 17.4. The Morgan fingerprint density at radius 1 is 1.00 bits per heavy atom. The Labute approximate surface area is 178 Å². The smallest absolute Gasteiger partial charge is 0.190 e. The van der Waals surface area contributed by atoms with Gasteiger partial charge in [0.1, 0.15) is 0 Å². The number of ether oxygens (including phenoxy) is 1. The predicted octanol–water partition coefficient (Wildman–Crippen LogP) is 2.25. The maximum absolute atomic E-state index is 5.59. The number of unbranched alkanes of at least 4 members (excludes halogenated alkanes) is 1. The molecule has 0 radical (unpaired) electrons. The van der Waals surface area contributed by atoms with Crippen LogP contribution in [0.1, 0.15) is 40.0 Å². The minimum Gasteiger partial charge on any atom is -0.381 e. The Morgan fingerprint density at radius 2 is 1.62 bits per heavy atom. The summed E-state index contributed by atoms with van der Waals surface area (Å²) < 4.78 is 5.59. The third-order valence-corrected chi connectivity index (χ3v) is 4.54. The molecule has 1 rings (SSSR count). The molecule has 1 aliphatic rings. The topological polar surface area (TPSA) is 52.1 Å². The summed E-state index contributed by atoms with van der Waals surface area (Å²) in [5.74, 6) is 1.51. The van der Waals surface area contributed by atoms with Gasteiger partial charge in [0.15, 0.2) is 5.96 Å². The Balaban J connectivity index is 0.00000625. The van der Waals surface area contributed by atoms with E-state index < -0.39 is 0 Å². The van der Waals surface area contributed by atoms with Gasteiger partial charge in [-0.25, -0.2) is 0 Å². The summed E-state index contributed by atoms with van der Waals surface area (Å²) in [6, 6.07) is 0. The van der Waals surface area contributed by atoms with Gasteiger partial charge in [0.05, 0.1) is 0 Å². The maximum atomic E-state index is 5.59. The number of aliphatic imine (C=N–C) groups is 1. The van der Waals surface area contributed by atoms with Gasteiger partial charge in [-0.2, -0.15) is 0 Å². The van der Waals surface area contributed by atoms with Crippen molar-refractivity contribution in [3.05, 3.63) is 0 Å². The largest absolute Gasteiger partial charge is 0.381 e. The molecule has 6 nitrogen and oxygen atoms in total. The van der Waals surface area contributed by atoms with Crippen LogP contribution in [0.4, 0.5) is 0 Å². The number of hydrogen-bond acceptors (Lipinski definition) is 4. The number of likely N-dealkylation sites (N-methyl/N-ethyl adjacent to an activating group) is 1. The number of piperazine rings is 1. The zero-order valence-corrected chi connectivity index (χ0v) is 19.8. The van der Waals surface area contributed by atoms with E-state index in [1.807, 2.05) is 7.05 Å². The van der Waals surface area contributed by atoms with Crippen LogP contribution >= 0.6 is 24.0 Å². The molecule has 0 saturated carbocycles. The number of rotatable bonds is 12. The molecule has 0 aliphatic carbocycles. The Bertz CT molecular complexity index is 347. The summed E-state index contributed by atoms with van der Waals surface area (Å²) >= 11 is 0. The van der Waals surface area contributed by atoms with Crippen LogP contribution in [0.2, 0.25) is 0 Å². The molecule has 1 heterocycles. The molecule has 0 spiro atoms. The van der Waals surface area contributed by atoms with E-state index in [0.29, 0.717) is 5.92 Å². The second kappa shape index (κ2) is 17.0. The first-order valence-electron chi connectivity index (χ1n) is 10.1. The highest BCUT2D eigenvalue weighted by molar-refractivity contribution is 14.0. The second-order valence-electron chi connectivity index (χ2n) is 7.23. The average Bonchev–Trinajstić information content (AvgIpc) is 2.62. The molecule has 0 bridgehead atoms. The zero-order chi connectivity index (χ0) is 18.3. The Hall–Kier alpha value is -0.120. The summed E-state index contributed by atoms with van der Waals surface area (Å²) in [6.45, 7) is 17.5. The highest BCUT2D eigenvalue weighted by Crippen LogP contribution is 2.02. The highest BCUT2D eigenvalue weighted by atomic mass is 127. The lowest BCUT2D eigenvalue weighted by Crippen LogP contribution is -2.46. The maximum Gasteiger partial charge on any atom is 0.190 e. The van der Waals surface area contributed by atoms with Crippen LogP contribution in [0.25, 0.3) is 0 Å². The van der Waals surface area contributed by atoms with Crippen molar-refractivity contribution in [3.63, 3.8) is 0 Å². The quantitative estimate of drug-likeness (QED) is 0.193. The molecule has 1 fully saturated rings. The summed E-state index contributed by atoms with van der Waals surface area (Å²) in [5, 5.41) is 6.76. The fourth-order valence-corrected chi connectivity index (χ4v) is 2.92. The van der Waals surface area contributed by atoms with Crippen LogP contribution in [0.5, 0.6) is 0 Å². The first-order chi connectivity index (χ1) is 12.2. The van der Waals surface area contributed by atoms with Gasteiger partial charge in [0.2, 0.25) is 0 Å². The van der Waals surface area contributed by atoms with Gasteiger partial charge in [-0.05, 0) is 38.3 Å². The van der Waals surface area contributed by atoms with E-state index in [2.05, 4.69) is 46.2 Å². The monoisotopic (exact) mass is 483 g/mol. The molecule has 0 aromatic rings. The molecule has 0 aromatic carbocycles. The molecule has 0 atom stereocenters. The molecule has 2 N–H and O–H groups in total. The van der Waals surface area contributed by atoms with E-state index in [0.717, 1.165) is 38.7 Å². The SMILES string of the molecule is CCN1CCN(CCCCNC(=NC)NCCCOCC(C)C)CC1.I. The first kappa shape index (κ1) is 25.9. The van der Waals surface area contributed by atoms with Gasteiger partial charge in [-0.1, -0.05) is 20.8 Å². The van der Waals surface area contributed by atoms with E-state index >= 15 is 0 Å². The third kappa shape index (κ3) is 13.1. The molecular formula is C19H42IN5O. The minimum absolute atomic E-state index is 0. The van der Waals surface area contributed by atoms with Crippen LogP contribution in [0, 0.1) is 5.92 Å². The number of nitrogens with zero attached hydrogens (tertiary/aromatic N) is 3. The summed E-state index contributed by atoms with van der Waals surface area (Å²) in [5.41, 5.74) is 0. The van der Waals surface area contributed by atoms with Crippen molar-refractivity contribution in [2.45, 2.75) is 40.0 Å². The van der Waals surface area contributed by atoms with E-state index in [1.165, 1.54) is 52.1 Å². The van der Waals surface area contributed by atoms with Crippen molar-refractivity contribution in [1.82, 2.24) is 20.4 Å². The van der Waals surface area contributed by atoms with E-state index in [4.69, 9.17) is 4.74 Å². The average molecular weight is 483 g/mol. The van der Waals surface area contributed by atoms with E-state index in [9.17, 15) is 0 Å². The molecule has 0 aromatic heterocycles.